The molecule has 43 heavy (non-hydrogen) atoms. The minimum Gasteiger partial charge on any atom is -0.455 e. The number of carbonyl (C=O) groups is 2. The topological polar surface area (TPSA) is 83.4 Å². The maximum atomic E-state index is 13.6. The van der Waals surface area contributed by atoms with Crippen LogP contribution in [-0.2, 0) is 0 Å². The molecule has 1 heterocycles. The maximum Gasteiger partial charge on any atom is 0.255 e. The molecule has 0 aliphatic rings. The summed E-state index contributed by atoms with van der Waals surface area (Å²) < 4.78 is 19.7. The highest BCUT2D eigenvalue weighted by Gasteiger charge is 2.23. The van der Waals surface area contributed by atoms with E-state index in [0.717, 1.165) is 33.6 Å². The van der Waals surface area contributed by atoms with Crippen LogP contribution in [0.15, 0.2) is 102 Å². The maximum absolute atomic E-state index is 13.6. The molecular formula is C36H34FN3O3. The summed E-state index contributed by atoms with van der Waals surface area (Å²) in [5.41, 5.74) is 6.91. The van der Waals surface area contributed by atoms with Gasteiger partial charge in [0.15, 0.2) is 0 Å². The fourth-order valence-electron chi connectivity index (χ4n) is 5.03. The van der Waals surface area contributed by atoms with Gasteiger partial charge in [-0.15, -0.1) is 0 Å². The van der Waals surface area contributed by atoms with Crippen molar-refractivity contribution in [2.75, 3.05) is 18.9 Å². The smallest absolute Gasteiger partial charge is 0.255 e. The summed E-state index contributed by atoms with van der Waals surface area (Å²) in [7, 11) is 1.56. The van der Waals surface area contributed by atoms with E-state index in [4.69, 9.17) is 4.42 Å². The zero-order valence-corrected chi connectivity index (χ0v) is 24.7. The zero-order chi connectivity index (χ0) is 30.7. The average Bonchev–Trinajstić information content (AvgIpc) is 3.38. The van der Waals surface area contributed by atoms with Gasteiger partial charge in [-0.3, -0.25) is 9.59 Å². The van der Waals surface area contributed by atoms with E-state index in [9.17, 15) is 14.0 Å². The number of fused-ring (bicyclic) bond motifs is 1. The minimum absolute atomic E-state index is 0.176. The molecule has 0 aliphatic heterocycles. The first kappa shape index (κ1) is 29.3. The number of halogens is 1. The van der Waals surface area contributed by atoms with Crippen LogP contribution in [0.2, 0.25) is 0 Å². The number of allylic oxidation sites excluding steroid dienone is 1. The first-order chi connectivity index (χ1) is 20.7. The number of anilines is 1. The quantitative estimate of drug-likeness (QED) is 0.165. The number of furan rings is 1. The predicted octanol–water partition coefficient (Wildman–Crippen LogP) is 8.26. The fraction of sp³-hybridized carbons (Fsp3) is 0.167. The van der Waals surface area contributed by atoms with E-state index < -0.39 is 0 Å². The van der Waals surface area contributed by atoms with Crippen LogP contribution in [0.1, 0.15) is 41.5 Å². The molecule has 0 unspecified atom stereocenters. The number of amides is 2. The lowest BCUT2D eigenvalue weighted by molar-refractivity contribution is 0.0946. The van der Waals surface area contributed by atoms with E-state index in [-0.39, 0.29) is 23.5 Å². The molecule has 5 aromatic rings. The van der Waals surface area contributed by atoms with Gasteiger partial charge in [0.1, 0.15) is 17.2 Å². The standard InChI is InChI=1S/C36H34FN3O3/c1-21(2)20-39-35(41)29-18-24(12-16-27(29)28-8-6-7-9-31(28)40-22(3)4)25-13-17-32-30(19-25)33(36(42)38-5)34(43-32)23-10-14-26(37)15-11-23/h6-19,21,40H,3,20H2,1-2,4-5H3,(H,38,42)(H,39,41). The van der Waals surface area contributed by atoms with E-state index >= 15 is 0 Å². The van der Waals surface area contributed by atoms with Gasteiger partial charge in [0.25, 0.3) is 11.8 Å². The summed E-state index contributed by atoms with van der Waals surface area (Å²) >= 11 is 0. The number of hydrogen-bond donors (Lipinski definition) is 3. The van der Waals surface area contributed by atoms with Crippen LogP contribution < -0.4 is 16.0 Å². The van der Waals surface area contributed by atoms with Crippen LogP contribution in [-0.4, -0.2) is 25.4 Å². The Morgan fingerprint density at radius 3 is 2.23 bits per heavy atom. The molecule has 1 aromatic heterocycles. The average molecular weight is 576 g/mol. The second-order valence-corrected chi connectivity index (χ2v) is 10.9. The highest BCUT2D eigenvalue weighted by Crippen LogP contribution is 2.38. The van der Waals surface area contributed by atoms with Gasteiger partial charge in [-0.1, -0.05) is 56.8 Å². The summed E-state index contributed by atoms with van der Waals surface area (Å²) in [6, 6.07) is 25.0. The zero-order valence-electron chi connectivity index (χ0n) is 24.7. The van der Waals surface area contributed by atoms with Crippen LogP contribution in [0.4, 0.5) is 10.1 Å². The van der Waals surface area contributed by atoms with Crippen molar-refractivity contribution in [3.8, 4) is 33.6 Å². The molecule has 4 aromatic carbocycles. The summed E-state index contributed by atoms with van der Waals surface area (Å²) in [5, 5.41) is 9.67. The molecule has 218 valence electrons. The summed E-state index contributed by atoms with van der Waals surface area (Å²) in [4.78, 5) is 26.7. The van der Waals surface area contributed by atoms with Crippen molar-refractivity contribution in [1.82, 2.24) is 10.6 Å². The SMILES string of the molecule is C=C(C)Nc1ccccc1-c1ccc(-c2ccc3oc(-c4ccc(F)cc4)c(C(=O)NC)c3c2)cc1C(=O)NCC(C)C. The van der Waals surface area contributed by atoms with E-state index in [1.807, 2.05) is 81.4 Å². The summed E-state index contributed by atoms with van der Waals surface area (Å²) in [6.45, 7) is 10.5. The highest BCUT2D eigenvalue weighted by atomic mass is 19.1. The number of rotatable bonds is 9. The summed E-state index contributed by atoms with van der Waals surface area (Å²) in [6.07, 6.45) is 0. The van der Waals surface area contributed by atoms with Crippen molar-refractivity contribution in [2.45, 2.75) is 20.8 Å². The van der Waals surface area contributed by atoms with Gasteiger partial charge < -0.3 is 20.4 Å². The number of benzene rings is 4. The molecule has 0 spiro atoms. The van der Waals surface area contributed by atoms with E-state index in [1.54, 1.807) is 19.2 Å². The van der Waals surface area contributed by atoms with Crippen molar-refractivity contribution in [3.05, 3.63) is 114 Å². The van der Waals surface area contributed by atoms with Crippen molar-refractivity contribution in [1.29, 1.82) is 0 Å². The molecule has 3 N–H and O–H groups in total. The Morgan fingerprint density at radius 1 is 0.860 bits per heavy atom. The lowest BCUT2D eigenvalue weighted by atomic mass is 9.92. The largest absolute Gasteiger partial charge is 0.455 e. The van der Waals surface area contributed by atoms with Crippen LogP contribution in [0.5, 0.6) is 0 Å². The van der Waals surface area contributed by atoms with Gasteiger partial charge in [-0.05, 0) is 78.1 Å². The molecule has 0 atom stereocenters. The molecule has 6 nitrogen and oxygen atoms in total. The second-order valence-electron chi connectivity index (χ2n) is 10.9. The number of para-hydroxylation sites is 1. The predicted molar refractivity (Wildman–Crippen MR) is 171 cm³/mol. The number of nitrogens with one attached hydrogen (secondary N) is 3. The molecule has 0 radical (unpaired) electrons. The Bertz CT molecular complexity index is 1840. The monoisotopic (exact) mass is 575 g/mol. The Kier molecular flexibility index (Phi) is 8.44. The molecular weight excluding hydrogens is 541 g/mol. The first-order valence-corrected chi connectivity index (χ1v) is 14.2. The van der Waals surface area contributed by atoms with Crippen molar-refractivity contribution in [3.63, 3.8) is 0 Å². The molecule has 0 saturated carbocycles. The third-order valence-electron chi connectivity index (χ3n) is 7.08. The van der Waals surface area contributed by atoms with Gasteiger partial charge in [-0.25, -0.2) is 4.39 Å². The lowest BCUT2D eigenvalue weighted by Crippen LogP contribution is -2.27. The van der Waals surface area contributed by atoms with Crippen LogP contribution >= 0.6 is 0 Å². The minimum atomic E-state index is -0.377. The lowest BCUT2D eigenvalue weighted by Gasteiger charge is -2.17. The highest BCUT2D eigenvalue weighted by molar-refractivity contribution is 6.12. The Labute approximate surface area is 250 Å². The third kappa shape index (κ3) is 6.21. The second kappa shape index (κ2) is 12.4. The van der Waals surface area contributed by atoms with Crippen LogP contribution in [0, 0.1) is 11.7 Å². The Balaban J connectivity index is 1.66. The number of carbonyl (C=O) groups excluding carboxylic acids is 2. The molecule has 5 rings (SSSR count). The molecule has 2 amide bonds. The normalized spacial score (nSPS) is 11.0. The molecule has 7 heteroatoms. The fourth-order valence-corrected chi connectivity index (χ4v) is 5.03. The van der Waals surface area contributed by atoms with E-state index in [2.05, 4.69) is 22.5 Å². The Hall–Kier alpha value is -5.17. The van der Waals surface area contributed by atoms with Gasteiger partial charge >= 0.3 is 0 Å². The van der Waals surface area contributed by atoms with E-state index in [0.29, 0.717) is 40.0 Å². The molecule has 0 fully saturated rings. The van der Waals surface area contributed by atoms with Gasteiger partial charge in [-0.2, -0.15) is 0 Å². The van der Waals surface area contributed by atoms with Crippen LogP contribution in [0.3, 0.4) is 0 Å². The summed E-state index contributed by atoms with van der Waals surface area (Å²) in [5.74, 6) is -0.226. The van der Waals surface area contributed by atoms with Crippen molar-refractivity contribution < 1.29 is 18.4 Å². The van der Waals surface area contributed by atoms with Gasteiger partial charge in [0.05, 0.1) is 5.56 Å². The molecule has 0 saturated heterocycles. The van der Waals surface area contributed by atoms with E-state index in [1.165, 1.54) is 12.1 Å². The third-order valence-corrected chi connectivity index (χ3v) is 7.08. The van der Waals surface area contributed by atoms with Gasteiger partial charge in [0, 0.05) is 47.1 Å². The Morgan fingerprint density at radius 2 is 1.53 bits per heavy atom. The number of hydrogen-bond acceptors (Lipinski definition) is 4. The first-order valence-electron chi connectivity index (χ1n) is 14.2. The molecule has 0 bridgehead atoms. The van der Waals surface area contributed by atoms with Crippen molar-refractivity contribution in [2.24, 2.45) is 5.92 Å². The van der Waals surface area contributed by atoms with Crippen LogP contribution in [0.25, 0.3) is 44.5 Å². The van der Waals surface area contributed by atoms with Crippen molar-refractivity contribution >= 4 is 28.5 Å². The molecule has 0 aliphatic carbocycles. The van der Waals surface area contributed by atoms with Gasteiger partial charge in [0.2, 0.25) is 0 Å².